The zero-order chi connectivity index (χ0) is 26.2. The number of carbonyl (C=O) groups excluding carboxylic acids is 2. The van der Waals surface area contributed by atoms with Crippen LogP contribution in [0.5, 0.6) is 0 Å². The molecule has 2 aromatic rings. The minimum atomic E-state index is -5.34. The Morgan fingerprint density at radius 2 is 1.66 bits per heavy atom. The number of rotatable bonds is 4. The van der Waals surface area contributed by atoms with Crippen LogP contribution in [0.1, 0.15) is 15.9 Å². The number of amides is 3. The second-order valence-electron chi connectivity index (χ2n) is 7.33. The predicted octanol–water partition coefficient (Wildman–Crippen LogP) is 4.64. The standard InChI is InChI=1S/C22H15ClF5N3O3S/c23-21(34)9-8-11(10-20(21,22(26,27)28)18(35)31-19(29)33)12-4-1-2-7-15(12)30-17(32)16-13(24)5-3-6-14(16)25/h1-10,34H,(H,30,32)(H3,29,31,33,35). The Balaban J connectivity index is 2.14. The van der Waals surface area contributed by atoms with Crippen molar-refractivity contribution in [3.63, 3.8) is 0 Å². The van der Waals surface area contributed by atoms with Gasteiger partial charge in [0, 0.05) is 11.3 Å². The summed E-state index contributed by atoms with van der Waals surface area (Å²) in [5.74, 6) is -3.50. The number of hydrogen-bond acceptors (Lipinski definition) is 4. The summed E-state index contributed by atoms with van der Waals surface area (Å²) < 4.78 is 71.1. The second-order valence-corrected chi connectivity index (χ2v) is 8.31. The van der Waals surface area contributed by atoms with Gasteiger partial charge in [0.15, 0.2) is 10.5 Å². The number of benzene rings is 2. The van der Waals surface area contributed by atoms with Crippen molar-refractivity contribution in [2.45, 2.75) is 11.2 Å². The summed E-state index contributed by atoms with van der Waals surface area (Å²) in [5, 5.41) is 11.2. The van der Waals surface area contributed by atoms with E-state index in [1.807, 2.05) is 0 Å². The Morgan fingerprint density at radius 1 is 1.06 bits per heavy atom. The van der Waals surface area contributed by atoms with Crippen molar-refractivity contribution < 1.29 is 36.6 Å². The van der Waals surface area contributed by atoms with Crippen LogP contribution in [0.25, 0.3) is 5.57 Å². The Bertz CT molecular complexity index is 1260. The molecular weight excluding hydrogens is 517 g/mol. The van der Waals surface area contributed by atoms with Gasteiger partial charge in [-0.2, -0.15) is 13.2 Å². The summed E-state index contributed by atoms with van der Waals surface area (Å²) in [6.07, 6.45) is -3.25. The van der Waals surface area contributed by atoms with E-state index in [0.29, 0.717) is 12.2 Å². The van der Waals surface area contributed by atoms with Crippen molar-refractivity contribution in [1.82, 2.24) is 5.32 Å². The smallest absolute Gasteiger partial charge is 0.370 e. The van der Waals surface area contributed by atoms with E-state index in [0.717, 1.165) is 24.3 Å². The van der Waals surface area contributed by atoms with Crippen LogP contribution in [0.4, 0.5) is 32.4 Å². The quantitative estimate of drug-likeness (QED) is 0.262. The lowest BCUT2D eigenvalue weighted by Crippen LogP contribution is -2.61. The normalized spacial score (nSPS) is 21.7. The Morgan fingerprint density at radius 3 is 2.23 bits per heavy atom. The van der Waals surface area contributed by atoms with Crippen molar-refractivity contribution in [2.75, 3.05) is 5.32 Å². The summed E-state index contributed by atoms with van der Waals surface area (Å²) >= 11 is 10.6. The van der Waals surface area contributed by atoms with Crippen LogP contribution in [0.2, 0.25) is 0 Å². The molecule has 3 amide bonds. The fourth-order valence-electron chi connectivity index (χ4n) is 3.47. The minimum Gasteiger partial charge on any atom is -0.370 e. The third kappa shape index (κ3) is 4.77. The molecular formula is C22H15ClF5N3O3S. The fraction of sp³-hybridized carbons (Fsp3) is 0.136. The van der Waals surface area contributed by atoms with E-state index in [2.05, 4.69) is 5.32 Å². The number of primary amides is 1. The maximum absolute atomic E-state index is 14.3. The molecule has 5 N–H and O–H groups in total. The van der Waals surface area contributed by atoms with E-state index in [4.69, 9.17) is 29.6 Å². The van der Waals surface area contributed by atoms with E-state index >= 15 is 0 Å². The maximum atomic E-state index is 14.3. The molecule has 0 fully saturated rings. The largest absolute Gasteiger partial charge is 0.408 e. The lowest BCUT2D eigenvalue weighted by molar-refractivity contribution is -0.209. The van der Waals surface area contributed by atoms with E-state index in [1.54, 1.807) is 5.32 Å². The van der Waals surface area contributed by atoms with Gasteiger partial charge in [-0.1, -0.05) is 60.2 Å². The van der Waals surface area contributed by atoms with Gasteiger partial charge in [-0.15, -0.1) is 0 Å². The zero-order valence-electron chi connectivity index (χ0n) is 17.3. The highest BCUT2D eigenvalue weighted by atomic mass is 35.5. The molecule has 0 saturated carbocycles. The third-order valence-corrected chi connectivity index (χ3v) is 5.98. The first-order valence-corrected chi connectivity index (χ1v) is 10.4. The van der Waals surface area contributed by atoms with Crippen LogP contribution in [0.3, 0.4) is 0 Å². The minimum absolute atomic E-state index is 0.0449. The molecule has 0 radical (unpaired) electrons. The monoisotopic (exact) mass is 531 g/mol. The molecule has 0 aliphatic heterocycles. The SMILES string of the molecule is NC(=O)NC(=S)C1(C(F)(F)F)C=C(c2ccccc2NC(=O)c2c(F)cccc2F)C=CC1(O)Cl. The number of hydrogen-bond donors (Lipinski definition) is 4. The lowest BCUT2D eigenvalue weighted by atomic mass is 9.74. The van der Waals surface area contributed by atoms with Crippen molar-refractivity contribution in [3.8, 4) is 0 Å². The van der Waals surface area contributed by atoms with Crippen molar-refractivity contribution in [3.05, 3.63) is 83.5 Å². The molecule has 0 spiro atoms. The second kappa shape index (κ2) is 9.36. The summed E-state index contributed by atoms with van der Waals surface area (Å²) in [6.45, 7) is 0. The number of para-hydroxylation sites is 1. The third-order valence-electron chi connectivity index (χ3n) is 5.13. The van der Waals surface area contributed by atoms with Crippen molar-refractivity contribution in [1.29, 1.82) is 0 Å². The Hall–Kier alpha value is -3.35. The highest BCUT2D eigenvalue weighted by Gasteiger charge is 2.68. The van der Waals surface area contributed by atoms with Crippen LogP contribution in [-0.4, -0.2) is 33.3 Å². The number of halogens is 6. The van der Waals surface area contributed by atoms with Crippen molar-refractivity contribution in [2.24, 2.45) is 11.1 Å². The van der Waals surface area contributed by atoms with Gasteiger partial charge in [0.05, 0.1) is 0 Å². The van der Waals surface area contributed by atoms with Crippen LogP contribution in [0, 0.1) is 17.0 Å². The number of aliphatic hydroxyl groups is 1. The van der Waals surface area contributed by atoms with E-state index in [-0.39, 0.29) is 16.8 Å². The molecule has 2 aromatic carbocycles. The Kier molecular flexibility index (Phi) is 7.02. The summed E-state index contributed by atoms with van der Waals surface area (Å²) in [5.41, 5.74) is 0.0809. The average Bonchev–Trinajstić information content (AvgIpc) is 2.72. The fourth-order valence-corrected chi connectivity index (χ4v) is 4.28. The molecule has 2 atom stereocenters. The van der Waals surface area contributed by atoms with Gasteiger partial charge in [-0.3, -0.25) is 4.79 Å². The van der Waals surface area contributed by atoms with Gasteiger partial charge in [-0.25, -0.2) is 13.6 Å². The molecule has 0 aromatic heterocycles. The van der Waals surface area contributed by atoms with Crippen LogP contribution in [0.15, 0.2) is 60.7 Å². The highest BCUT2D eigenvalue weighted by molar-refractivity contribution is 7.80. The number of urea groups is 1. The molecule has 0 bridgehead atoms. The lowest BCUT2D eigenvalue weighted by Gasteiger charge is -2.43. The maximum Gasteiger partial charge on any atom is 0.408 e. The molecule has 35 heavy (non-hydrogen) atoms. The molecule has 13 heteroatoms. The molecule has 1 aliphatic carbocycles. The van der Waals surface area contributed by atoms with Gasteiger partial charge in [0.1, 0.15) is 22.2 Å². The van der Waals surface area contributed by atoms with Crippen molar-refractivity contribution >= 4 is 52.0 Å². The van der Waals surface area contributed by atoms with Gasteiger partial charge >= 0.3 is 12.2 Å². The summed E-state index contributed by atoms with van der Waals surface area (Å²) in [6, 6.07) is 6.77. The molecule has 2 unspecified atom stereocenters. The topological polar surface area (TPSA) is 104 Å². The molecule has 1 aliphatic rings. The highest BCUT2D eigenvalue weighted by Crippen LogP contribution is 2.54. The molecule has 3 rings (SSSR count). The predicted molar refractivity (Wildman–Crippen MR) is 122 cm³/mol. The average molecular weight is 532 g/mol. The van der Waals surface area contributed by atoms with E-state index < -0.39 is 50.8 Å². The number of alkyl halides is 4. The first-order valence-electron chi connectivity index (χ1n) is 9.57. The number of allylic oxidation sites excluding steroid dienone is 2. The number of anilines is 1. The van der Waals surface area contributed by atoms with Gasteiger partial charge in [0.2, 0.25) is 0 Å². The summed E-state index contributed by atoms with van der Waals surface area (Å²) in [7, 11) is 0. The van der Waals surface area contributed by atoms with Crippen LogP contribution < -0.4 is 16.4 Å². The number of thiocarbonyl (C=S) groups is 1. The number of nitrogens with one attached hydrogen (secondary N) is 2. The first kappa shape index (κ1) is 26.3. The number of carbonyl (C=O) groups is 2. The molecule has 0 saturated heterocycles. The first-order chi connectivity index (χ1) is 16.2. The summed E-state index contributed by atoms with van der Waals surface area (Å²) in [4.78, 5) is 22.6. The van der Waals surface area contributed by atoms with Crippen LogP contribution in [-0.2, 0) is 0 Å². The van der Waals surface area contributed by atoms with E-state index in [9.17, 15) is 36.6 Å². The van der Waals surface area contributed by atoms with Crippen LogP contribution >= 0.6 is 23.8 Å². The molecule has 184 valence electrons. The molecule has 0 heterocycles. The van der Waals surface area contributed by atoms with Gasteiger partial charge < -0.3 is 21.5 Å². The Labute approximate surface area is 205 Å². The van der Waals surface area contributed by atoms with Gasteiger partial charge in [0.25, 0.3) is 5.91 Å². The zero-order valence-corrected chi connectivity index (χ0v) is 18.9. The van der Waals surface area contributed by atoms with E-state index in [1.165, 1.54) is 24.3 Å². The van der Waals surface area contributed by atoms with Gasteiger partial charge in [-0.05, 0) is 29.8 Å². The number of nitrogens with two attached hydrogens (primary N) is 1. The molecule has 6 nitrogen and oxygen atoms in total.